The lowest BCUT2D eigenvalue weighted by Crippen LogP contribution is -2.12. The maximum Gasteiger partial charge on any atom is 0.247 e. The molecule has 6 aromatic carbocycles. The first-order chi connectivity index (χ1) is 59.7. The molecular formula is C92H92N26O5. The minimum atomic E-state index is -0.259. The average molecular weight is 1640 g/mol. The van der Waals surface area contributed by atoms with Gasteiger partial charge in [0.2, 0.25) is 29.5 Å². The van der Waals surface area contributed by atoms with E-state index in [1.807, 2.05) is 145 Å². The van der Waals surface area contributed by atoms with Gasteiger partial charge in [-0.3, -0.25) is 71.7 Å². The predicted molar refractivity (Wildman–Crippen MR) is 481 cm³/mol. The van der Waals surface area contributed by atoms with E-state index in [0.29, 0.717) is 64.1 Å². The van der Waals surface area contributed by atoms with Gasteiger partial charge in [-0.2, -0.15) is 0 Å². The smallest absolute Gasteiger partial charge is 0.247 e. The molecule has 10 aromatic heterocycles. The lowest BCUT2D eigenvalue weighted by Gasteiger charge is -2.12. The molecule has 0 aliphatic heterocycles. The highest BCUT2D eigenvalue weighted by Gasteiger charge is 2.17. The Morgan fingerprint density at radius 3 is 0.927 bits per heavy atom. The Kier molecular flexibility index (Phi) is 29.0. The second kappa shape index (κ2) is 41.4. The number of hydrogen-bond acceptors (Lipinski definition) is 21. The maximum absolute atomic E-state index is 11.6. The standard InChI is InChI=1S/C21H17N5O.2C19H21N5O.C17H17N5O.C16H16N6O/c1-2-21(27)25-16-8-9-18-19(11-16)26(14-23-18)20-13-22-12-17(24-20)10-15-6-4-3-5-7-15;2*1-4-13(3)8-15-10-20-11-18(22-15)24-12-21-16-7-6-14(9-17(16)24)23-19(25)5-2;1-3-5-13-9-18-10-16(20-13)22-11-19-14-7-6-12(8-15(14)22)21-17(23)4-2;1-4-16(23)19-11-5-6-12-13(7-11)22(10-18-12)15-9-17-8-14(20-15)21(2)3/h2-9,11-14H,1,10H2,(H,25,27);2*5-7,9-13H,2,4,8H2,1,3H3,(H,23,25);4,6-11H,2-3,5H2,1H3,(H,21,23);4-10H,1H2,2-3H3,(H,19,23)/t;2*13-;;/m.10../s1. The number of nitrogens with zero attached hydrogens (tertiary/aromatic N) is 21. The molecular weight excluding hydrogens is 1550 g/mol. The van der Waals surface area contributed by atoms with Crippen LogP contribution in [0.25, 0.3) is 84.3 Å². The molecule has 2 atom stereocenters. The molecule has 0 fully saturated rings. The molecule has 123 heavy (non-hydrogen) atoms. The number of nitrogens with one attached hydrogen (secondary N) is 5. The summed E-state index contributed by atoms with van der Waals surface area (Å²) in [5.74, 6) is 4.09. The van der Waals surface area contributed by atoms with Gasteiger partial charge in [0.15, 0.2) is 29.1 Å². The van der Waals surface area contributed by atoms with Crippen LogP contribution in [0.4, 0.5) is 34.3 Å². The van der Waals surface area contributed by atoms with Gasteiger partial charge in [0, 0.05) is 73.7 Å². The van der Waals surface area contributed by atoms with E-state index in [2.05, 4.69) is 166 Å². The van der Waals surface area contributed by atoms with Gasteiger partial charge in [-0.25, -0.2) is 49.8 Å². The van der Waals surface area contributed by atoms with Crippen LogP contribution in [0.1, 0.15) is 82.2 Å². The Balaban J connectivity index is 0.000000141. The number of aromatic nitrogens is 20. The van der Waals surface area contributed by atoms with E-state index in [0.717, 1.165) is 134 Å². The first-order valence-electron chi connectivity index (χ1n) is 39.5. The summed E-state index contributed by atoms with van der Waals surface area (Å²) in [5.41, 5.74) is 16.6. The molecule has 0 aliphatic carbocycles. The zero-order valence-electron chi connectivity index (χ0n) is 69.2. The number of benzene rings is 6. The average Bonchev–Trinajstić information content (AvgIpc) is 1.69. The van der Waals surface area contributed by atoms with Crippen LogP contribution < -0.4 is 31.5 Å². The summed E-state index contributed by atoms with van der Waals surface area (Å²) in [6.07, 6.45) is 38.7. The number of anilines is 6. The number of rotatable bonds is 26. The molecule has 0 unspecified atom stereocenters. The number of hydrogen-bond donors (Lipinski definition) is 5. The minimum Gasteiger partial charge on any atom is -0.361 e. The monoisotopic (exact) mass is 1640 g/mol. The van der Waals surface area contributed by atoms with Gasteiger partial charge in [-0.1, -0.05) is 117 Å². The molecule has 10 heterocycles. The summed E-state index contributed by atoms with van der Waals surface area (Å²) in [6, 6.07) is 37.7. The molecule has 16 aromatic rings. The van der Waals surface area contributed by atoms with Crippen LogP contribution in [0, 0.1) is 11.8 Å². The van der Waals surface area contributed by atoms with Crippen molar-refractivity contribution >= 4 is 119 Å². The van der Waals surface area contributed by atoms with E-state index in [4.69, 9.17) is 15.0 Å². The van der Waals surface area contributed by atoms with Crippen LogP contribution in [0.15, 0.2) is 278 Å². The molecule has 5 amide bonds. The molecule has 620 valence electrons. The highest BCUT2D eigenvalue weighted by molar-refractivity contribution is 6.03. The van der Waals surface area contributed by atoms with Crippen LogP contribution in [-0.2, 0) is 49.7 Å². The summed E-state index contributed by atoms with van der Waals surface area (Å²) in [6.45, 7) is 28.2. The molecule has 0 aliphatic rings. The first-order valence-corrected chi connectivity index (χ1v) is 39.5. The molecule has 0 bridgehead atoms. The SMILES string of the molecule is C=CC(=O)Nc1ccc2ncn(-c3cncc(CCC)n3)c2c1.C=CC(=O)Nc1ccc2ncn(-c3cncc(C[C@@H](C)CC)n3)c2c1.C=CC(=O)Nc1ccc2ncn(-c3cncc(C[C@H](C)CC)n3)c2c1.C=CC(=O)Nc1ccc2ncn(-c3cncc(Cc4ccccc4)n3)c2c1.C=CC(=O)Nc1ccc2ncn(-c3cncc(N(C)C)n3)c2c1. The van der Waals surface area contributed by atoms with E-state index in [1.54, 1.807) is 99.4 Å². The third-order valence-corrected chi connectivity index (χ3v) is 19.2. The molecule has 5 N–H and O–H groups in total. The number of fused-ring (bicyclic) bond motifs is 5. The molecule has 31 nitrogen and oxygen atoms in total. The third kappa shape index (κ3) is 22.6. The summed E-state index contributed by atoms with van der Waals surface area (Å²) < 4.78 is 9.32. The lowest BCUT2D eigenvalue weighted by atomic mass is 10.0. The number of carbonyl (C=O) groups is 5. The van der Waals surface area contributed by atoms with Gasteiger partial charge >= 0.3 is 0 Å². The highest BCUT2D eigenvalue weighted by Crippen LogP contribution is 2.28. The summed E-state index contributed by atoms with van der Waals surface area (Å²) in [4.78, 5) is 126. The van der Waals surface area contributed by atoms with Crippen molar-refractivity contribution in [1.82, 2.24) is 97.6 Å². The zero-order chi connectivity index (χ0) is 86.9. The van der Waals surface area contributed by atoms with Crippen molar-refractivity contribution in [2.24, 2.45) is 11.8 Å². The lowest BCUT2D eigenvalue weighted by molar-refractivity contribution is -0.112. The Labute approximate surface area is 709 Å². The van der Waals surface area contributed by atoms with Gasteiger partial charge in [0.05, 0.1) is 115 Å². The number of imidazole rings is 5. The predicted octanol–water partition coefficient (Wildman–Crippen LogP) is 15.5. The first kappa shape index (κ1) is 86.3. The fourth-order valence-corrected chi connectivity index (χ4v) is 12.5. The van der Waals surface area contributed by atoms with E-state index in [9.17, 15) is 24.0 Å². The Hall–Kier alpha value is -16.1. The van der Waals surface area contributed by atoms with E-state index < -0.39 is 0 Å². The summed E-state index contributed by atoms with van der Waals surface area (Å²) >= 11 is 0. The summed E-state index contributed by atoms with van der Waals surface area (Å²) in [5, 5.41) is 13.8. The number of amides is 5. The minimum absolute atomic E-state index is 0.249. The largest absolute Gasteiger partial charge is 0.361 e. The summed E-state index contributed by atoms with van der Waals surface area (Å²) in [7, 11) is 3.81. The fourth-order valence-electron chi connectivity index (χ4n) is 12.5. The van der Waals surface area contributed by atoms with Gasteiger partial charge in [0.25, 0.3) is 0 Å². The Bertz CT molecular complexity index is 6350. The van der Waals surface area contributed by atoms with E-state index in [1.165, 1.54) is 35.9 Å². The van der Waals surface area contributed by atoms with Crippen LogP contribution in [-0.4, -0.2) is 141 Å². The highest BCUT2D eigenvalue weighted by atomic mass is 16.2. The van der Waals surface area contributed by atoms with Crippen molar-refractivity contribution in [3.05, 3.63) is 307 Å². The van der Waals surface area contributed by atoms with Crippen molar-refractivity contribution in [3.63, 3.8) is 0 Å². The molecule has 0 saturated heterocycles. The van der Waals surface area contributed by atoms with Gasteiger partial charge in [0.1, 0.15) is 37.5 Å². The van der Waals surface area contributed by atoms with Crippen molar-refractivity contribution < 1.29 is 24.0 Å². The number of carbonyl (C=O) groups excluding carboxylic acids is 5. The molecule has 16 rings (SSSR count). The fraction of sp³-hybridized carbons (Fsp3) is 0.174. The van der Waals surface area contributed by atoms with Gasteiger partial charge < -0.3 is 31.5 Å². The van der Waals surface area contributed by atoms with Crippen LogP contribution in [0.3, 0.4) is 0 Å². The molecule has 0 spiro atoms. The van der Waals surface area contributed by atoms with Crippen molar-refractivity contribution in [2.45, 2.75) is 79.6 Å². The molecule has 31 heteroatoms. The molecule has 0 radical (unpaired) electrons. The van der Waals surface area contributed by atoms with Crippen LogP contribution in [0.5, 0.6) is 0 Å². The third-order valence-electron chi connectivity index (χ3n) is 19.2. The van der Waals surface area contributed by atoms with Gasteiger partial charge in [-0.05, 0) is 158 Å². The quantitative estimate of drug-likeness (QED) is 0.0314. The van der Waals surface area contributed by atoms with Crippen molar-refractivity contribution in [3.8, 4) is 29.1 Å². The zero-order valence-corrected chi connectivity index (χ0v) is 69.2. The topological polar surface area (TPSA) is 367 Å². The Morgan fingerprint density at radius 1 is 0.358 bits per heavy atom. The van der Waals surface area contributed by atoms with Crippen molar-refractivity contribution in [1.29, 1.82) is 0 Å². The van der Waals surface area contributed by atoms with Crippen LogP contribution >= 0.6 is 0 Å². The second-order valence-electron chi connectivity index (χ2n) is 28.5. The molecule has 0 saturated carbocycles. The van der Waals surface area contributed by atoms with Gasteiger partial charge in [-0.15, -0.1) is 0 Å². The van der Waals surface area contributed by atoms with E-state index in [-0.39, 0.29) is 29.5 Å². The second-order valence-corrected chi connectivity index (χ2v) is 28.5. The van der Waals surface area contributed by atoms with Crippen molar-refractivity contribution in [2.75, 3.05) is 45.6 Å². The maximum atomic E-state index is 11.6. The van der Waals surface area contributed by atoms with Crippen LogP contribution in [0.2, 0.25) is 0 Å². The Morgan fingerprint density at radius 2 is 0.634 bits per heavy atom. The van der Waals surface area contributed by atoms with E-state index >= 15 is 0 Å². The number of aryl methyl sites for hydroxylation is 1. The normalized spacial score (nSPS) is 11.2.